The van der Waals surface area contributed by atoms with Gasteiger partial charge in [0, 0.05) is 11.6 Å². The fraction of sp³-hybridized carbons (Fsp3) is 0.318. The summed E-state index contributed by atoms with van der Waals surface area (Å²) in [6.45, 7) is 6.34. The normalized spacial score (nSPS) is 12.2. The number of methoxy groups -OCH3 is 1. The molecule has 158 valence electrons. The molecule has 1 unspecified atom stereocenters. The van der Waals surface area contributed by atoms with E-state index in [1.807, 2.05) is 26.0 Å². The second-order valence-electron chi connectivity index (χ2n) is 7.32. The molecule has 0 spiro atoms. The molecule has 1 atom stereocenters. The Morgan fingerprint density at radius 3 is 2.67 bits per heavy atom. The number of amides is 1. The number of nitrogens with zero attached hydrogens (tertiary/aromatic N) is 2. The Morgan fingerprint density at radius 1 is 1.23 bits per heavy atom. The van der Waals surface area contributed by atoms with Crippen LogP contribution in [0.15, 0.2) is 52.4 Å². The lowest BCUT2D eigenvalue weighted by Crippen LogP contribution is -2.28. The summed E-state index contributed by atoms with van der Waals surface area (Å²) in [5, 5.41) is 3.87. The molecular formula is C22H24ClN3O3S. The van der Waals surface area contributed by atoms with E-state index in [0.29, 0.717) is 39.1 Å². The molecule has 0 saturated heterocycles. The zero-order valence-corrected chi connectivity index (χ0v) is 18.9. The van der Waals surface area contributed by atoms with E-state index in [0.717, 1.165) is 0 Å². The van der Waals surface area contributed by atoms with Crippen molar-refractivity contribution >= 4 is 45.9 Å². The summed E-state index contributed by atoms with van der Waals surface area (Å²) in [4.78, 5) is 30.5. The van der Waals surface area contributed by atoms with Crippen molar-refractivity contribution in [1.29, 1.82) is 0 Å². The van der Waals surface area contributed by atoms with Crippen LogP contribution in [0.2, 0.25) is 5.02 Å². The van der Waals surface area contributed by atoms with Crippen LogP contribution in [-0.4, -0.2) is 27.8 Å². The Labute approximate surface area is 184 Å². The van der Waals surface area contributed by atoms with Gasteiger partial charge in [0.25, 0.3) is 5.56 Å². The van der Waals surface area contributed by atoms with Gasteiger partial charge in [-0.1, -0.05) is 49.3 Å². The average Bonchev–Trinajstić information content (AvgIpc) is 2.71. The van der Waals surface area contributed by atoms with Crippen molar-refractivity contribution in [2.75, 3.05) is 12.4 Å². The van der Waals surface area contributed by atoms with E-state index in [2.05, 4.69) is 10.3 Å². The molecule has 30 heavy (non-hydrogen) atoms. The third-order valence-corrected chi connectivity index (χ3v) is 5.77. The van der Waals surface area contributed by atoms with Gasteiger partial charge < -0.3 is 10.1 Å². The molecule has 3 rings (SSSR count). The number of para-hydroxylation sites is 2. The van der Waals surface area contributed by atoms with Gasteiger partial charge in [0.1, 0.15) is 5.75 Å². The van der Waals surface area contributed by atoms with Crippen LogP contribution < -0.4 is 15.6 Å². The highest BCUT2D eigenvalue weighted by Crippen LogP contribution is 2.27. The molecule has 3 aromatic rings. The fourth-order valence-electron chi connectivity index (χ4n) is 2.98. The molecular weight excluding hydrogens is 422 g/mol. The zero-order chi connectivity index (χ0) is 21.8. The van der Waals surface area contributed by atoms with E-state index in [9.17, 15) is 9.59 Å². The Balaban J connectivity index is 1.92. The van der Waals surface area contributed by atoms with Crippen molar-refractivity contribution < 1.29 is 9.53 Å². The highest BCUT2D eigenvalue weighted by Gasteiger charge is 2.21. The monoisotopic (exact) mass is 445 g/mol. The molecule has 1 amide bonds. The molecule has 1 aromatic heterocycles. The largest absolute Gasteiger partial charge is 0.495 e. The van der Waals surface area contributed by atoms with Gasteiger partial charge in [-0.15, -0.1) is 0 Å². The van der Waals surface area contributed by atoms with Gasteiger partial charge in [-0.2, -0.15) is 0 Å². The van der Waals surface area contributed by atoms with Crippen molar-refractivity contribution in [1.82, 2.24) is 9.55 Å². The van der Waals surface area contributed by atoms with Crippen molar-refractivity contribution in [3.63, 3.8) is 0 Å². The molecule has 6 nitrogen and oxygen atoms in total. The number of carbonyl (C=O) groups is 1. The summed E-state index contributed by atoms with van der Waals surface area (Å²) in [6, 6.07) is 12.3. The Morgan fingerprint density at radius 2 is 1.97 bits per heavy atom. The van der Waals surface area contributed by atoms with Crippen LogP contribution in [0.5, 0.6) is 5.75 Å². The van der Waals surface area contributed by atoms with Gasteiger partial charge >= 0.3 is 0 Å². The molecule has 0 aliphatic carbocycles. The smallest absolute Gasteiger partial charge is 0.262 e. The number of ether oxygens (including phenoxy) is 1. The number of anilines is 1. The lowest BCUT2D eigenvalue weighted by atomic mass is 10.2. The third-order valence-electron chi connectivity index (χ3n) is 4.45. The molecule has 0 aliphatic rings. The van der Waals surface area contributed by atoms with Crippen molar-refractivity contribution in [2.45, 2.75) is 37.7 Å². The minimum absolute atomic E-state index is 0.156. The lowest BCUT2D eigenvalue weighted by Gasteiger charge is -2.18. The molecule has 2 aromatic carbocycles. The van der Waals surface area contributed by atoms with Gasteiger partial charge in [0.05, 0.1) is 29.0 Å². The highest BCUT2D eigenvalue weighted by atomic mass is 35.5. The van der Waals surface area contributed by atoms with Crippen LogP contribution in [0.1, 0.15) is 20.8 Å². The SMILES string of the molecule is COc1ccccc1NC(=O)C(C)Sc1nc2ccc(Cl)cc2c(=O)n1CC(C)C. The summed E-state index contributed by atoms with van der Waals surface area (Å²) in [5.41, 5.74) is 0.999. The molecule has 0 saturated carbocycles. The quantitative estimate of drug-likeness (QED) is 0.416. The van der Waals surface area contributed by atoms with E-state index in [1.54, 1.807) is 48.9 Å². The van der Waals surface area contributed by atoms with Crippen LogP contribution in [0.3, 0.4) is 0 Å². The topological polar surface area (TPSA) is 73.2 Å². The first-order valence-corrected chi connectivity index (χ1v) is 10.9. The zero-order valence-electron chi connectivity index (χ0n) is 17.3. The van der Waals surface area contributed by atoms with Crippen molar-refractivity contribution in [3.05, 3.63) is 57.8 Å². The molecule has 0 bridgehead atoms. The van der Waals surface area contributed by atoms with E-state index in [1.165, 1.54) is 11.8 Å². The summed E-state index contributed by atoms with van der Waals surface area (Å²) >= 11 is 7.32. The number of hydrogen-bond acceptors (Lipinski definition) is 5. The number of nitrogens with one attached hydrogen (secondary N) is 1. The van der Waals surface area contributed by atoms with Gasteiger partial charge in [-0.3, -0.25) is 14.2 Å². The molecule has 1 heterocycles. The van der Waals surface area contributed by atoms with E-state index < -0.39 is 5.25 Å². The van der Waals surface area contributed by atoms with Crippen LogP contribution >= 0.6 is 23.4 Å². The van der Waals surface area contributed by atoms with Gasteiger partial charge in [-0.25, -0.2) is 4.98 Å². The molecule has 0 radical (unpaired) electrons. The fourth-order valence-corrected chi connectivity index (χ4v) is 4.07. The second-order valence-corrected chi connectivity index (χ2v) is 9.06. The van der Waals surface area contributed by atoms with Crippen LogP contribution in [0, 0.1) is 5.92 Å². The standard InChI is InChI=1S/C22H24ClN3O3S/c1-13(2)12-26-21(28)16-11-15(23)9-10-17(16)25-22(26)30-14(3)20(27)24-18-7-5-6-8-19(18)29-4/h5-11,13-14H,12H2,1-4H3,(H,24,27). The van der Waals surface area contributed by atoms with Crippen LogP contribution in [0.25, 0.3) is 10.9 Å². The number of hydrogen-bond donors (Lipinski definition) is 1. The number of benzene rings is 2. The molecule has 0 aliphatic heterocycles. The second kappa shape index (κ2) is 9.53. The number of aromatic nitrogens is 2. The average molecular weight is 446 g/mol. The predicted octanol–water partition coefficient (Wildman–Crippen LogP) is 4.83. The predicted molar refractivity (Wildman–Crippen MR) is 123 cm³/mol. The highest BCUT2D eigenvalue weighted by molar-refractivity contribution is 8.00. The van der Waals surface area contributed by atoms with Crippen LogP contribution in [-0.2, 0) is 11.3 Å². The Hall–Kier alpha value is -2.51. The number of thioether (sulfide) groups is 1. The maximum atomic E-state index is 13.1. The minimum atomic E-state index is -0.482. The summed E-state index contributed by atoms with van der Waals surface area (Å²) in [5.74, 6) is 0.615. The first-order chi connectivity index (χ1) is 14.3. The van der Waals surface area contributed by atoms with Crippen molar-refractivity contribution in [3.8, 4) is 5.75 Å². The summed E-state index contributed by atoms with van der Waals surface area (Å²) in [7, 11) is 1.55. The van der Waals surface area contributed by atoms with E-state index in [4.69, 9.17) is 16.3 Å². The summed E-state index contributed by atoms with van der Waals surface area (Å²) < 4.78 is 6.92. The molecule has 1 N–H and O–H groups in total. The first-order valence-electron chi connectivity index (χ1n) is 9.60. The minimum Gasteiger partial charge on any atom is -0.495 e. The Kier molecular flexibility index (Phi) is 7.05. The van der Waals surface area contributed by atoms with Gasteiger partial charge in [0.15, 0.2) is 5.16 Å². The van der Waals surface area contributed by atoms with Gasteiger partial charge in [-0.05, 0) is 43.2 Å². The Bertz CT molecular complexity index is 1130. The maximum absolute atomic E-state index is 13.1. The number of rotatable bonds is 7. The van der Waals surface area contributed by atoms with Gasteiger partial charge in [0.2, 0.25) is 5.91 Å². The summed E-state index contributed by atoms with van der Waals surface area (Å²) in [6.07, 6.45) is 0. The van der Waals surface area contributed by atoms with Crippen molar-refractivity contribution in [2.24, 2.45) is 5.92 Å². The lowest BCUT2D eigenvalue weighted by molar-refractivity contribution is -0.115. The number of halogens is 1. The van der Waals surface area contributed by atoms with E-state index in [-0.39, 0.29) is 17.4 Å². The van der Waals surface area contributed by atoms with Crippen LogP contribution in [0.4, 0.5) is 5.69 Å². The first kappa shape index (κ1) is 22.2. The maximum Gasteiger partial charge on any atom is 0.262 e. The molecule has 8 heteroatoms. The molecule has 0 fully saturated rings. The number of carbonyl (C=O) groups excluding carboxylic acids is 1. The third kappa shape index (κ3) is 4.96. The van der Waals surface area contributed by atoms with E-state index >= 15 is 0 Å². The number of fused-ring (bicyclic) bond motifs is 1.